The molecular formula is C46H76NO12P. The summed E-state index contributed by atoms with van der Waals surface area (Å²) in [6, 6.07) is -1.57. The fraction of sp³-hybridized carbons (Fsp3) is 0.630. The Morgan fingerprint density at radius 3 is 1.53 bits per heavy atom. The summed E-state index contributed by atoms with van der Waals surface area (Å²) in [5, 5.41) is 29.5. The fourth-order valence-electron chi connectivity index (χ4n) is 5.22. The van der Waals surface area contributed by atoms with Gasteiger partial charge in [0, 0.05) is 12.8 Å². The van der Waals surface area contributed by atoms with Gasteiger partial charge in [0.15, 0.2) is 6.10 Å². The van der Waals surface area contributed by atoms with Crippen LogP contribution in [0.1, 0.15) is 142 Å². The number of carboxylic acids is 1. The first-order valence-electron chi connectivity index (χ1n) is 21.8. The topological polar surface area (TPSA) is 212 Å². The summed E-state index contributed by atoms with van der Waals surface area (Å²) in [6.45, 7) is 2.37. The molecule has 0 bridgehead atoms. The zero-order valence-corrected chi connectivity index (χ0v) is 37.1. The van der Waals surface area contributed by atoms with Crippen LogP contribution in [0.5, 0.6) is 0 Å². The second kappa shape index (κ2) is 39.7. The molecule has 0 aliphatic carbocycles. The molecule has 0 saturated heterocycles. The van der Waals surface area contributed by atoms with Crippen LogP contribution in [-0.4, -0.2) is 82.3 Å². The van der Waals surface area contributed by atoms with Gasteiger partial charge in [0.2, 0.25) is 0 Å². The SMILES string of the molecule is CCCCC/C=C\C/C=C\C/C=C\C/C=C\CCCC(=O)O[C@H](COC(=O)CCCC(O)C(O)C/C=C\C/C=C\C/C=C\CCCCC)COP(=O)(O)OC[C@H](N)C(=O)O. The maximum atomic E-state index is 12.6. The van der Waals surface area contributed by atoms with Crippen LogP contribution in [0.3, 0.4) is 0 Å². The molecule has 0 spiro atoms. The number of phosphoric ester groups is 1. The lowest BCUT2D eigenvalue weighted by atomic mass is 10.0. The van der Waals surface area contributed by atoms with E-state index >= 15 is 0 Å². The number of esters is 2. The number of hydrogen-bond donors (Lipinski definition) is 5. The third-order valence-electron chi connectivity index (χ3n) is 8.82. The first kappa shape index (κ1) is 56.6. The molecule has 0 heterocycles. The summed E-state index contributed by atoms with van der Waals surface area (Å²) in [7, 11) is -4.81. The number of carbonyl (C=O) groups excluding carboxylic acids is 2. The zero-order chi connectivity index (χ0) is 44.5. The Balaban J connectivity index is 4.72. The van der Waals surface area contributed by atoms with Crippen molar-refractivity contribution in [2.75, 3.05) is 19.8 Å². The van der Waals surface area contributed by atoms with Gasteiger partial charge in [-0.2, -0.15) is 0 Å². The fourth-order valence-corrected chi connectivity index (χ4v) is 6.00. The average Bonchev–Trinajstić information content (AvgIpc) is 3.22. The minimum atomic E-state index is -4.81. The number of aliphatic carboxylic acids is 1. The van der Waals surface area contributed by atoms with E-state index in [1.807, 2.05) is 24.3 Å². The summed E-state index contributed by atoms with van der Waals surface area (Å²) in [4.78, 5) is 46.0. The van der Waals surface area contributed by atoms with E-state index in [2.05, 4.69) is 73.1 Å². The maximum Gasteiger partial charge on any atom is 0.472 e. The van der Waals surface area contributed by atoms with Crippen molar-refractivity contribution in [1.29, 1.82) is 0 Å². The summed E-state index contributed by atoms with van der Waals surface area (Å²) in [5.74, 6) is -2.78. The molecule has 0 aliphatic rings. The highest BCUT2D eigenvalue weighted by molar-refractivity contribution is 7.47. The molecule has 0 aromatic rings. The molecular weight excluding hydrogens is 789 g/mol. The molecule has 342 valence electrons. The number of aliphatic hydroxyl groups is 2. The van der Waals surface area contributed by atoms with Crippen LogP contribution >= 0.6 is 7.82 Å². The van der Waals surface area contributed by atoms with Crippen LogP contribution in [0, 0.1) is 0 Å². The number of allylic oxidation sites excluding steroid dienone is 13. The average molecular weight is 866 g/mol. The third-order valence-corrected chi connectivity index (χ3v) is 9.77. The molecule has 0 radical (unpaired) electrons. The number of carbonyl (C=O) groups is 3. The summed E-state index contributed by atoms with van der Waals surface area (Å²) in [5.41, 5.74) is 5.31. The Labute approximate surface area is 359 Å². The monoisotopic (exact) mass is 866 g/mol. The van der Waals surface area contributed by atoms with Crippen molar-refractivity contribution >= 4 is 25.7 Å². The summed E-state index contributed by atoms with van der Waals surface area (Å²) in [6.07, 6.45) is 41.1. The molecule has 0 rings (SSSR count). The first-order chi connectivity index (χ1) is 28.9. The molecule has 6 N–H and O–H groups in total. The number of carboxylic acid groups (broad SMARTS) is 1. The number of rotatable bonds is 39. The van der Waals surface area contributed by atoms with Gasteiger partial charge in [-0.25, -0.2) is 4.57 Å². The Morgan fingerprint density at radius 1 is 0.583 bits per heavy atom. The van der Waals surface area contributed by atoms with E-state index in [1.165, 1.54) is 38.5 Å². The smallest absolute Gasteiger partial charge is 0.472 e. The van der Waals surface area contributed by atoms with Gasteiger partial charge >= 0.3 is 25.7 Å². The van der Waals surface area contributed by atoms with Gasteiger partial charge in [-0.3, -0.25) is 23.4 Å². The summed E-state index contributed by atoms with van der Waals surface area (Å²) >= 11 is 0. The molecule has 0 aromatic carbocycles. The number of ether oxygens (including phenoxy) is 2. The predicted octanol–water partition coefficient (Wildman–Crippen LogP) is 9.44. The van der Waals surface area contributed by atoms with Crippen molar-refractivity contribution in [2.24, 2.45) is 5.73 Å². The number of phosphoric acid groups is 1. The van der Waals surface area contributed by atoms with E-state index in [9.17, 15) is 34.1 Å². The van der Waals surface area contributed by atoms with E-state index in [0.717, 1.165) is 38.5 Å². The first-order valence-corrected chi connectivity index (χ1v) is 23.3. The van der Waals surface area contributed by atoms with E-state index in [1.54, 1.807) is 6.08 Å². The maximum absolute atomic E-state index is 12.6. The molecule has 0 amide bonds. The molecule has 0 aromatic heterocycles. The standard InChI is InChI=1S/C46H76NO12P/c1-3-5-7-9-11-13-15-17-18-19-20-21-23-25-27-29-31-35-45(51)59-40(38-57-60(54,55)58-39-41(47)46(52)53)37-56-44(50)36-32-34-43(49)42(48)33-30-28-26-24-22-16-14-12-10-8-6-4-2/h11-14,17-18,20-22,24-25,27-28,30,40-43,48-49H,3-10,15-16,19,23,26,29,31-39,47H2,1-2H3,(H,52,53)(H,54,55)/b13-11-,14-12-,18-17-,21-20-,24-22-,27-25-,30-28-/t40-,41+,42?,43?/m1/s1. The van der Waals surface area contributed by atoms with Crippen LogP contribution in [0.2, 0.25) is 0 Å². The molecule has 0 aliphatic heterocycles. The van der Waals surface area contributed by atoms with Crippen molar-refractivity contribution < 1.29 is 57.7 Å². The van der Waals surface area contributed by atoms with Crippen LogP contribution in [0.15, 0.2) is 85.1 Å². The normalized spacial score (nSPS) is 15.6. The second-order valence-electron chi connectivity index (χ2n) is 14.4. The zero-order valence-electron chi connectivity index (χ0n) is 36.2. The van der Waals surface area contributed by atoms with Gasteiger partial charge in [-0.1, -0.05) is 125 Å². The lowest BCUT2D eigenvalue weighted by Crippen LogP contribution is -2.34. The van der Waals surface area contributed by atoms with Crippen LogP contribution in [0.4, 0.5) is 0 Å². The molecule has 0 saturated carbocycles. The third kappa shape index (κ3) is 37.6. The van der Waals surface area contributed by atoms with E-state index in [-0.39, 0.29) is 32.1 Å². The number of nitrogens with two attached hydrogens (primary N) is 1. The van der Waals surface area contributed by atoms with Gasteiger partial charge < -0.3 is 35.4 Å². The number of aliphatic hydroxyl groups excluding tert-OH is 2. The van der Waals surface area contributed by atoms with E-state index < -0.39 is 69.9 Å². The molecule has 13 nitrogen and oxygen atoms in total. The molecule has 14 heteroatoms. The van der Waals surface area contributed by atoms with Gasteiger partial charge in [0.1, 0.15) is 12.6 Å². The Kier molecular flexibility index (Phi) is 37.4. The minimum Gasteiger partial charge on any atom is -0.480 e. The highest BCUT2D eigenvalue weighted by Gasteiger charge is 2.28. The van der Waals surface area contributed by atoms with Gasteiger partial charge in [0.05, 0.1) is 25.4 Å². The van der Waals surface area contributed by atoms with Crippen LogP contribution in [-0.2, 0) is 37.5 Å². The molecule has 3 unspecified atom stereocenters. The van der Waals surface area contributed by atoms with Crippen molar-refractivity contribution in [3.8, 4) is 0 Å². The van der Waals surface area contributed by atoms with Crippen molar-refractivity contribution in [3.63, 3.8) is 0 Å². The molecule has 5 atom stereocenters. The van der Waals surface area contributed by atoms with Crippen molar-refractivity contribution in [1.82, 2.24) is 0 Å². The lowest BCUT2D eigenvalue weighted by molar-refractivity contribution is -0.161. The van der Waals surface area contributed by atoms with Crippen molar-refractivity contribution in [3.05, 3.63) is 85.1 Å². The highest BCUT2D eigenvalue weighted by Crippen LogP contribution is 2.43. The van der Waals surface area contributed by atoms with Crippen molar-refractivity contribution in [2.45, 2.75) is 167 Å². The number of unbranched alkanes of at least 4 members (excludes halogenated alkanes) is 7. The molecule has 60 heavy (non-hydrogen) atoms. The van der Waals surface area contributed by atoms with Gasteiger partial charge in [-0.15, -0.1) is 0 Å². The predicted molar refractivity (Wildman–Crippen MR) is 238 cm³/mol. The summed E-state index contributed by atoms with van der Waals surface area (Å²) < 4.78 is 32.4. The lowest BCUT2D eigenvalue weighted by Gasteiger charge is -2.20. The Bertz CT molecular complexity index is 1370. The second-order valence-corrected chi connectivity index (χ2v) is 15.9. The Morgan fingerprint density at radius 2 is 1.03 bits per heavy atom. The van der Waals surface area contributed by atoms with Crippen LogP contribution in [0.25, 0.3) is 0 Å². The van der Waals surface area contributed by atoms with Crippen LogP contribution < -0.4 is 5.73 Å². The van der Waals surface area contributed by atoms with E-state index in [4.69, 9.17) is 24.8 Å². The molecule has 0 fully saturated rings. The van der Waals surface area contributed by atoms with E-state index in [0.29, 0.717) is 19.3 Å². The Hall–Kier alpha value is -3.42. The largest absolute Gasteiger partial charge is 0.480 e. The minimum absolute atomic E-state index is 0.0200. The van der Waals surface area contributed by atoms with Gasteiger partial charge in [-0.05, 0) is 89.9 Å². The van der Waals surface area contributed by atoms with Gasteiger partial charge in [0.25, 0.3) is 0 Å². The number of hydrogen-bond acceptors (Lipinski definition) is 11. The highest BCUT2D eigenvalue weighted by atomic mass is 31.2. The quantitative estimate of drug-likeness (QED) is 0.0169.